The number of aliphatic hydroxyl groups is 1. The summed E-state index contributed by atoms with van der Waals surface area (Å²) in [4.78, 5) is 127. The number of nitrogens with two attached hydrogens (primary N) is 1. The summed E-state index contributed by atoms with van der Waals surface area (Å²) in [7, 11) is 19.6. The Labute approximate surface area is 854 Å². The molecule has 4 heterocycles. The summed E-state index contributed by atoms with van der Waals surface area (Å²) < 4.78 is 91.3. The maximum Gasteiger partial charge on any atom is 1.00 e. The molecule has 0 aliphatic rings. The topological polar surface area (TPSA) is 450 Å². The molecule has 36 heteroatoms. The van der Waals surface area contributed by atoms with Crippen LogP contribution in [0.2, 0.25) is 0 Å². The van der Waals surface area contributed by atoms with Crippen molar-refractivity contribution >= 4 is 131 Å². The number of ether oxygens (including phenoxy) is 13. The first-order chi connectivity index (χ1) is 68.8. The molecule has 0 saturated carbocycles. The van der Waals surface area contributed by atoms with Crippen LogP contribution in [0.3, 0.4) is 0 Å². The zero-order chi connectivity index (χ0) is 103. The van der Waals surface area contributed by atoms with Gasteiger partial charge in [-0.05, 0) is 220 Å². The van der Waals surface area contributed by atoms with E-state index in [1.165, 1.54) is 60.7 Å². The minimum Gasteiger partial charge on any atom is -1.00 e. The van der Waals surface area contributed by atoms with E-state index in [0.717, 1.165) is 22.3 Å². The van der Waals surface area contributed by atoms with Crippen LogP contribution in [0.15, 0.2) is 255 Å². The van der Waals surface area contributed by atoms with E-state index in [-0.39, 0.29) is 95.4 Å². The Morgan fingerprint density at radius 1 is 0.317 bits per heavy atom. The van der Waals surface area contributed by atoms with Crippen LogP contribution in [0.25, 0.3) is 88.4 Å². The fraction of sp³-hybridized carbons (Fsp3) is 0.174. The van der Waals surface area contributed by atoms with E-state index >= 15 is 0 Å². The number of rotatable bonds is 27. The van der Waals surface area contributed by atoms with Crippen LogP contribution in [0.5, 0.6) is 69.0 Å². The van der Waals surface area contributed by atoms with Crippen LogP contribution in [-0.4, -0.2) is 150 Å². The maximum absolute atomic E-state index is 13.1. The number of nitrogens with one attached hydrogen (secondary N) is 5. The van der Waals surface area contributed by atoms with Crippen molar-refractivity contribution in [2.75, 3.05) is 125 Å². The minimum absolute atomic E-state index is 0. The second-order valence-corrected chi connectivity index (χ2v) is 31.7. The van der Waals surface area contributed by atoms with Crippen molar-refractivity contribution in [3.05, 3.63) is 316 Å². The SMILES string of the molecule is COC(=O)c1c(OC)cc2cc(NC(=O)c3ccc(OC)c(-c4cccc(OC)c4)c3)c(=O)oc2c1C.COc1cccc(-c2cc(C(=O)Nc3cc4cc(OC)c(CO)c(C)c4oc3=O)ccc2OC)c1.COc1cccc(-c2cc(C(=O)Nc3cc4cc(OC)c(N)c(C)c4oc3=O)ccc2OC)c1.COc1cccc(-c2cc(C(=O)Nc3cc4cc(OC)c(NC(C)=O)c(C)c4oc3=O)ccc2OC)c1.[AlH3].[H-].[Li+]. The van der Waals surface area contributed by atoms with E-state index in [4.69, 9.17) is 85.0 Å². The Kier molecular flexibility index (Phi) is 36.0. The Balaban J connectivity index is 0.000000198. The van der Waals surface area contributed by atoms with Gasteiger partial charge in [0.1, 0.15) is 120 Å². The fourth-order valence-electron chi connectivity index (χ4n) is 15.8. The Hall–Kier alpha value is -17.2. The van der Waals surface area contributed by atoms with Gasteiger partial charge in [-0.3, -0.25) is 24.0 Å². The van der Waals surface area contributed by atoms with Gasteiger partial charge in [-0.1, -0.05) is 48.5 Å². The van der Waals surface area contributed by atoms with E-state index in [2.05, 4.69) is 26.6 Å². The maximum atomic E-state index is 13.1. The molecule has 0 saturated heterocycles. The van der Waals surface area contributed by atoms with Gasteiger partial charge in [-0.15, -0.1) is 0 Å². The molecule has 0 atom stereocenters. The molecule has 0 bridgehead atoms. The van der Waals surface area contributed by atoms with Gasteiger partial charge in [-0.2, -0.15) is 0 Å². The van der Waals surface area contributed by atoms with Gasteiger partial charge in [-0.25, -0.2) is 24.0 Å². The average molecular weight is 1980 g/mol. The van der Waals surface area contributed by atoms with Gasteiger partial charge in [0.05, 0.1) is 110 Å². The van der Waals surface area contributed by atoms with Crippen molar-refractivity contribution in [1.82, 2.24) is 0 Å². The van der Waals surface area contributed by atoms with Crippen LogP contribution in [-0.2, 0) is 16.1 Å². The molecule has 12 aromatic carbocycles. The number of hydrogen-bond acceptors (Lipinski definition) is 29. The largest absolute Gasteiger partial charge is 1.00 e. The molecule has 0 spiro atoms. The normalized spacial score (nSPS) is 10.5. The second kappa shape index (κ2) is 48.3. The minimum atomic E-state index is -0.772. The van der Waals surface area contributed by atoms with Gasteiger partial charge in [0.25, 0.3) is 23.6 Å². The molecule has 4 aromatic heterocycles. The van der Waals surface area contributed by atoms with Crippen molar-refractivity contribution in [3.8, 4) is 114 Å². The van der Waals surface area contributed by atoms with Crippen LogP contribution in [0, 0.1) is 27.7 Å². The summed E-state index contributed by atoms with van der Waals surface area (Å²) in [5.41, 5.74) is 15.0. The number of methoxy groups -OCH3 is 13. The fourth-order valence-corrected chi connectivity index (χ4v) is 15.8. The molecule has 0 unspecified atom stereocenters. The molecule has 0 fully saturated rings. The van der Waals surface area contributed by atoms with E-state index in [1.807, 2.05) is 97.1 Å². The number of aryl methyl sites for hydroxylation is 4. The zero-order valence-corrected chi connectivity index (χ0v) is 82.0. The predicted octanol–water partition coefficient (Wildman–Crippen LogP) is 14.9. The van der Waals surface area contributed by atoms with Crippen LogP contribution in [0.4, 0.5) is 34.1 Å². The van der Waals surface area contributed by atoms with Gasteiger partial charge in [0, 0.05) is 101 Å². The van der Waals surface area contributed by atoms with Crippen molar-refractivity contribution in [3.63, 3.8) is 0 Å². The van der Waals surface area contributed by atoms with E-state index < -0.39 is 52.1 Å². The van der Waals surface area contributed by atoms with Gasteiger partial charge in [0.15, 0.2) is 17.4 Å². The zero-order valence-electron chi connectivity index (χ0n) is 83.0. The van der Waals surface area contributed by atoms with E-state index in [1.54, 1.807) is 188 Å². The smallest absolute Gasteiger partial charge is 1.00 e. The van der Waals surface area contributed by atoms with Crippen molar-refractivity contribution in [2.45, 2.75) is 41.2 Å². The third kappa shape index (κ3) is 24.0. The Morgan fingerprint density at radius 2 is 0.593 bits per heavy atom. The number of benzene rings is 12. The van der Waals surface area contributed by atoms with Gasteiger partial charge >= 0.3 is 47.3 Å². The molecule has 145 heavy (non-hydrogen) atoms. The average Bonchev–Trinajstić information content (AvgIpc) is 0.771. The molecular formula is C109H104AlLiN6O28. The predicted molar refractivity (Wildman–Crippen MR) is 554 cm³/mol. The number of hydrogen-bond donors (Lipinski definition) is 7. The molecule has 16 rings (SSSR count). The summed E-state index contributed by atoms with van der Waals surface area (Å²) in [6.07, 6.45) is 0. The third-order valence-corrected chi connectivity index (χ3v) is 23.2. The molecular weight excluding hydrogens is 1880 g/mol. The summed E-state index contributed by atoms with van der Waals surface area (Å²) in [6, 6.07) is 62.0. The molecule has 742 valence electrons. The van der Waals surface area contributed by atoms with E-state index in [9.17, 15) is 53.1 Å². The van der Waals surface area contributed by atoms with Crippen LogP contribution >= 0.6 is 0 Å². The standard InChI is InChI=1S/C28H26N2O7.C28H25NO8.C27H25NO7.C26H24N2O6.Al.Li.4H/c1-15-25(29-16(2)31)24(36-5)14-19-13-22(28(33)37-26(15)19)30-27(32)18-9-10-23(35-4)21(12-18)17-7-6-8-20(11-17)34-3;1-15-24(28(32)36-5)23(35-4)14-18-13-21(27(31)37-25(15)18)29-26(30)17-9-10-22(34-3)20(12-17)16-7-6-8-19(11-16)33-2;1-15-21(14-29)24(34-4)13-18-12-22(27(31)35-25(15)18)28-26(30)17-8-9-23(33-3)20(11-17)16-6-5-7-19(10-16)32-2;1-14-23(27)22(33-4)13-17-12-20(26(30)34-24(14)17)28-25(29)16-8-9-21(32-3)19(11-16)15-6-5-7-18(10-15)31-2;;;;;;/h6-14H,1-5H3,(H,29,31)(H,30,32);6-14H,1-5H3,(H,29,30);5-13,29H,14H2,1-4H3,(H,28,30);5-13H,27H2,1-4H3,(H,28,29);;;;;;/q;;;;;+1;;;;-1. The number of nitrogen functional groups attached to an aromatic ring is 1. The van der Waals surface area contributed by atoms with Crippen molar-refractivity contribution < 1.29 is 133 Å². The number of carbonyl (C=O) groups is 6. The molecule has 0 aliphatic heterocycles. The summed E-state index contributed by atoms with van der Waals surface area (Å²) in [6.45, 7) is 7.90. The summed E-state index contributed by atoms with van der Waals surface area (Å²) >= 11 is 0. The molecule has 0 aliphatic carbocycles. The van der Waals surface area contributed by atoms with Gasteiger partial charge in [0.2, 0.25) is 5.91 Å². The number of esters is 1. The van der Waals surface area contributed by atoms with Crippen LogP contribution in [0.1, 0.15) is 88.0 Å². The summed E-state index contributed by atoms with van der Waals surface area (Å²) in [5.74, 6) is 3.65. The number of aliphatic hydroxyl groups excluding tert-OH is 1. The first-order valence-electron chi connectivity index (χ1n) is 43.7. The molecule has 5 amide bonds. The second-order valence-electron chi connectivity index (χ2n) is 31.7. The third-order valence-electron chi connectivity index (χ3n) is 23.2. The molecule has 34 nitrogen and oxygen atoms in total. The molecule has 8 N–H and O–H groups in total. The molecule has 16 aromatic rings. The number of fused-ring (bicyclic) bond motifs is 4. The van der Waals surface area contributed by atoms with E-state index in [0.29, 0.717) is 180 Å². The number of carbonyl (C=O) groups excluding carboxylic acids is 6. The first kappa shape index (κ1) is 108. The number of amides is 5. The number of anilines is 6. The monoisotopic (exact) mass is 1980 g/mol. The Bertz CT molecular complexity index is 7940. The first-order valence-corrected chi connectivity index (χ1v) is 43.7. The summed E-state index contributed by atoms with van der Waals surface area (Å²) in [5, 5.41) is 25.0. The van der Waals surface area contributed by atoms with Crippen LogP contribution < -0.4 is 131 Å². The van der Waals surface area contributed by atoms with Gasteiger partial charge < -0.3 is 118 Å². The Morgan fingerprint density at radius 3 is 0.876 bits per heavy atom. The molecule has 0 radical (unpaired) electrons. The van der Waals surface area contributed by atoms with Crippen molar-refractivity contribution in [1.29, 1.82) is 0 Å². The van der Waals surface area contributed by atoms with Crippen molar-refractivity contribution in [2.24, 2.45) is 0 Å². The quantitative estimate of drug-likeness (QED) is 0.0109.